The molecule has 0 fully saturated rings. The van der Waals surface area contributed by atoms with Gasteiger partial charge in [0.25, 0.3) is 0 Å². The molecule has 0 radical (unpaired) electrons. The monoisotopic (exact) mass is 342 g/mol. The minimum atomic E-state index is 0.193. The summed E-state index contributed by atoms with van der Waals surface area (Å²) in [7, 11) is 0. The van der Waals surface area contributed by atoms with Gasteiger partial charge in [-0.25, -0.2) is 0 Å². The maximum Gasteiger partial charge on any atom is 0.105 e. The Morgan fingerprint density at radius 3 is 2.25 bits per heavy atom. The number of rotatable bonds is 2. The molecule has 1 unspecified atom stereocenters. The highest BCUT2D eigenvalue weighted by atomic mass is 79.9. The number of halogens is 2. The van der Waals surface area contributed by atoms with Crippen LogP contribution in [0.2, 0.25) is 0 Å². The fourth-order valence-corrected chi connectivity index (χ4v) is 2.74. The minimum absolute atomic E-state index is 0.193. The predicted octanol–water partition coefficient (Wildman–Crippen LogP) is 5.14. The Labute approximate surface area is 112 Å². The third-order valence-corrected chi connectivity index (χ3v) is 4.07. The minimum Gasteiger partial charge on any atom is -0.466 e. The quantitative estimate of drug-likeness (QED) is 0.688. The highest BCUT2D eigenvalue weighted by molar-refractivity contribution is 9.10. The molecular formula is C13H12Br2O. The molecule has 2 rings (SSSR count). The molecule has 0 bridgehead atoms. The van der Waals surface area contributed by atoms with Gasteiger partial charge in [0, 0.05) is 10.0 Å². The van der Waals surface area contributed by atoms with Crippen LogP contribution in [0.25, 0.3) is 0 Å². The molecule has 2 aromatic rings. The molecule has 1 atom stereocenters. The highest BCUT2D eigenvalue weighted by Gasteiger charge is 2.15. The van der Waals surface area contributed by atoms with E-state index in [-0.39, 0.29) is 4.83 Å². The van der Waals surface area contributed by atoms with Crippen LogP contribution in [0.1, 0.15) is 27.5 Å². The maximum absolute atomic E-state index is 5.54. The van der Waals surface area contributed by atoms with Crippen LogP contribution < -0.4 is 0 Å². The summed E-state index contributed by atoms with van der Waals surface area (Å²) in [5.74, 6) is 1.93. The van der Waals surface area contributed by atoms with E-state index >= 15 is 0 Å². The van der Waals surface area contributed by atoms with E-state index in [0.29, 0.717) is 0 Å². The molecule has 16 heavy (non-hydrogen) atoms. The molecule has 3 heteroatoms. The SMILES string of the molecule is Cc1cc(C(Br)c2ccc(Br)cc2)c(C)o1. The van der Waals surface area contributed by atoms with Gasteiger partial charge in [0.05, 0.1) is 4.83 Å². The van der Waals surface area contributed by atoms with E-state index in [1.54, 1.807) is 0 Å². The first-order valence-electron chi connectivity index (χ1n) is 5.04. The lowest BCUT2D eigenvalue weighted by Gasteiger charge is -2.09. The lowest BCUT2D eigenvalue weighted by atomic mass is 10.1. The Kier molecular flexibility index (Phi) is 3.55. The van der Waals surface area contributed by atoms with Crippen LogP contribution in [0, 0.1) is 13.8 Å². The van der Waals surface area contributed by atoms with Crippen molar-refractivity contribution in [1.82, 2.24) is 0 Å². The van der Waals surface area contributed by atoms with Gasteiger partial charge in [-0.05, 0) is 37.6 Å². The van der Waals surface area contributed by atoms with Gasteiger partial charge >= 0.3 is 0 Å². The second kappa shape index (κ2) is 4.76. The Balaban J connectivity index is 2.35. The summed E-state index contributed by atoms with van der Waals surface area (Å²) in [4.78, 5) is 0.193. The summed E-state index contributed by atoms with van der Waals surface area (Å²) in [5.41, 5.74) is 2.42. The third-order valence-electron chi connectivity index (χ3n) is 2.52. The smallest absolute Gasteiger partial charge is 0.105 e. The van der Waals surface area contributed by atoms with Crippen LogP contribution >= 0.6 is 31.9 Å². The van der Waals surface area contributed by atoms with Gasteiger partial charge in [-0.1, -0.05) is 44.0 Å². The van der Waals surface area contributed by atoms with Crippen LogP contribution in [0.4, 0.5) is 0 Å². The number of hydrogen-bond donors (Lipinski definition) is 0. The number of aryl methyl sites for hydroxylation is 2. The maximum atomic E-state index is 5.54. The highest BCUT2D eigenvalue weighted by Crippen LogP contribution is 2.34. The summed E-state index contributed by atoms with van der Waals surface area (Å²) in [5, 5.41) is 0. The van der Waals surface area contributed by atoms with Crippen LogP contribution in [0.3, 0.4) is 0 Å². The summed E-state index contributed by atoms with van der Waals surface area (Å²) in [6, 6.07) is 10.4. The van der Waals surface area contributed by atoms with Crippen LogP contribution in [-0.4, -0.2) is 0 Å². The molecule has 0 saturated heterocycles. The van der Waals surface area contributed by atoms with E-state index in [0.717, 1.165) is 16.0 Å². The molecule has 0 spiro atoms. The van der Waals surface area contributed by atoms with E-state index in [2.05, 4.69) is 50.1 Å². The zero-order chi connectivity index (χ0) is 11.7. The van der Waals surface area contributed by atoms with Gasteiger partial charge < -0.3 is 4.42 Å². The van der Waals surface area contributed by atoms with E-state index in [9.17, 15) is 0 Å². The second-order valence-corrected chi connectivity index (χ2v) is 5.61. The van der Waals surface area contributed by atoms with E-state index < -0.39 is 0 Å². The van der Waals surface area contributed by atoms with E-state index in [1.807, 2.05) is 26.0 Å². The lowest BCUT2D eigenvalue weighted by Crippen LogP contribution is -1.92. The molecule has 1 nitrogen and oxygen atoms in total. The topological polar surface area (TPSA) is 13.1 Å². The van der Waals surface area contributed by atoms with Crippen molar-refractivity contribution >= 4 is 31.9 Å². The fraction of sp³-hybridized carbons (Fsp3) is 0.231. The Morgan fingerprint density at radius 2 is 1.75 bits per heavy atom. The van der Waals surface area contributed by atoms with Gasteiger partial charge in [-0.2, -0.15) is 0 Å². The molecule has 0 aliphatic heterocycles. The fourth-order valence-electron chi connectivity index (χ4n) is 1.71. The van der Waals surface area contributed by atoms with Crippen molar-refractivity contribution in [1.29, 1.82) is 0 Å². The Hall–Kier alpha value is -0.540. The van der Waals surface area contributed by atoms with E-state index in [4.69, 9.17) is 4.42 Å². The molecule has 1 heterocycles. The molecule has 0 amide bonds. The summed E-state index contributed by atoms with van der Waals surface area (Å²) in [6.07, 6.45) is 0. The standard InChI is InChI=1S/C13H12Br2O/c1-8-7-12(9(2)16-8)13(15)10-3-5-11(14)6-4-10/h3-7,13H,1-2H3. The van der Waals surface area contributed by atoms with Crippen molar-refractivity contribution in [3.05, 3.63) is 57.5 Å². The first-order valence-corrected chi connectivity index (χ1v) is 6.75. The molecule has 84 valence electrons. The van der Waals surface area contributed by atoms with Gasteiger partial charge in [0.2, 0.25) is 0 Å². The summed E-state index contributed by atoms with van der Waals surface area (Å²) < 4.78 is 6.64. The van der Waals surface area contributed by atoms with Gasteiger partial charge in [-0.3, -0.25) is 0 Å². The average Bonchev–Trinajstić information content (AvgIpc) is 2.58. The van der Waals surface area contributed by atoms with Crippen molar-refractivity contribution < 1.29 is 4.42 Å². The molecule has 0 aliphatic carbocycles. The first-order chi connectivity index (χ1) is 7.58. The normalized spacial score (nSPS) is 12.8. The largest absolute Gasteiger partial charge is 0.466 e. The van der Waals surface area contributed by atoms with Gasteiger partial charge in [-0.15, -0.1) is 0 Å². The summed E-state index contributed by atoms with van der Waals surface area (Å²) >= 11 is 7.14. The predicted molar refractivity (Wildman–Crippen MR) is 73.1 cm³/mol. The zero-order valence-electron chi connectivity index (χ0n) is 9.13. The van der Waals surface area contributed by atoms with Gasteiger partial charge in [0.1, 0.15) is 11.5 Å². The van der Waals surface area contributed by atoms with Crippen LogP contribution in [-0.2, 0) is 0 Å². The molecule has 0 N–H and O–H groups in total. The molecule has 1 aromatic heterocycles. The summed E-state index contributed by atoms with van der Waals surface area (Å²) in [6.45, 7) is 3.97. The Morgan fingerprint density at radius 1 is 1.12 bits per heavy atom. The van der Waals surface area contributed by atoms with Crippen molar-refractivity contribution in [2.45, 2.75) is 18.7 Å². The van der Waals surface area contributed by atoms with Crippen molar-refractivity contribution in [3.63, 3.8) is 0 Å². The van der Waals surface area contributed by atoms with Crippen molar-refractivity contribution in [3.8, 4) is 0 Å². The number of furan rings is 1. The zero-order valence-corrected chi connectivity index (χ0v) is 12.3. The van der Waals surface area contributed by atoms with Crippen molar-refractivity contribution in [2.24, 2.45) is 0 Å². The molecule has 1 aromatic carbocycles. The van der Waals surface area contributed by atoms with Crippen molar-refractivity contribution in [2.75, 3.05) is 0 Å². The molecule has 0 aliphatic rings. The van der Waals surface area contributed by atoms with Crippen LogP contribution in [0.5, 0.6) is 0 Å². The van der Waals surface area contributed by atoms with E-state index in [1.165, 1.54) is 11.1 Å². The van der Waals surface area contributed by atoms with Gasteiger partial charge in [0.15, 0.2) is 0 Å². The van der Waals surface area contributed by atoms with Crippen LogP contribution in [0.15, 0.2) is 39.2 Å². The molecule has 0 saturated carbocycles. The molecular weight excluding hydrogens is 332 g/mol. The first kappa shape index (κ1) is 11.9. The lowest BCUT2D eigenvalue weighted by molar-refractivity contribution is 0.502. The number of benzene rings is 1. The second-order valence-electron chi connectivity index (χ2n) is 3.78. The Bertz CT molecular complexity index is 485. The average molecular weight is 344 g/mol. The number of alkyl halides is 1. The third kappa shape index (κ3) is 2.41. The number of hydrogen-bond acceptors (Lipinski definition) is 1.